The van der Waals surface area contributed by atoms with Gasteiger partial charge < -0.3 is 9.64 Å². The van der Waals surface area contributed by atoms with Crippen molar-refractivity contribution in [1.82, 2.24) is 10.9 Å². The molecule has 0 amide bonds. The van der Waals surface area contributed by atoms with Gasteiger partial charge in [0, 0.05) is 24.7 Å². The Morgan fingerprint density at radius 1 is 0.967 bits per heavy atom. The van der Waals surface area contributed by atoms with Crippen LogP contribution >= 0.6 is 0 Å². The molecule has 1 saturated heterocycles. The van der Waals surface area contributed by atoms with Crippen molar-refractivity contribution in [1.29, 1.82) is 0 Å². The lowest BCUT2D eigenvalue weighted by molar-refractivity contribution is 0.337. The van der Waals surface area contributed by atoms with Crippen molar-refractivity contribution >= 4 is 5.69 Å². The second kappa shape index (κ2) is 8.09. The van der Waals surface area contributed by atoms with Crippen LogP contribution in [-0.2, 0) is 6.54 Å². The Balaban J connectivity index is 1.52. The molecule has 0 saturated carbocycles. The molecule has 0 radical (unpaired) electrons. The van der Waals surface area contributed by atoms with Gasteiger partial charge in [0.15, 0.2) is 0 Å². The maximum absolute atomic E-state index is 13.5. The highest BCUT2D eigenvalue weighted by molar-refractivity contribution is 5.61. The predicted octanol–water partition coefficient (Wildman–Crippen LogP) is 4.75. The van der Waals surface area contributed by atoms with Gasteiger partial charge >= 0.3 is 0 Å². The van der Waals surface area contributed by atoms with E-state index in [1.54, 1.807) is 0 Å². The van der Waals surface area contributed by atoms with E-state index in [9.17, 15) is 4.39 Å². The first-order valence-corrected chi connectivity index (χ1v) is 10.5. The zero-order valence-electron chi connectivity index (χ0n) is 17.0. The molecule has 30 heavy (non-hydrogen) atoms. The minimum Gasteiger partial charge on any atom is -0.494 e. The Morgan fingerprint density at radius 3 is 2.50 bits per heavy atom. The van der Waals surface area contributed by atoms with Gasteiger partial charge in [-0.05, 0) is 53.9 Å². The van der Waals surface area contributed by atoms with Crippen LogP contribution in [0.3, 0.4) is 0 Å². The summed E-state index contributed by atoms with van der Waals surface area (Å²) in [6.07, 6.45) is 0. The molecule has 0 aromatic heterocycles. The van der Waals surface area contributed by atoms with E-state index in [2.05, 4.69) is 58.2 Å². The number of fused-ring (bicyclic) bond motifs is 3. The molecule has 3 unspecified atom stereocenters. The van der Waals surface area contributed by atoms with Crippen molar-refractivity contribution in [3.63, 3.8) is 0 Å². The molecule has 3 atom stereocenters. The summed E-state index contributed by atoms with van der Waals surface area (Å²) in [6.45, 7) is 4.40. The number of hydrogen-bond donors (Lipinski definition) is 2. The Kier molecular flexibility index (Phi) is 5.15. The Bertz CT molecular complexity index is 1010. The number of nitrogens with one attached hydrogen (secondary N) is 2. The third-order valence-corrected chi connectivity index (χ3v) is 6.11. The molecule has 154 valence electrons. The van der Waals surface area contributed by atoms with Gasteiger partial charge in [0.1, 0.15) is 11.6 Å². The summed E-state index contributed by atoms with van der Waals surface area (Å²) >= 11 is 0. The first-order valence-electron chi connectivity index (χ1n) is 10.5. The van der Waals surface area contributed by atoms with Crippen molar-refractivity contribution in [3.8, 4) is 5.75 Å². The molecule has 4 nitrogen and oxygen atoms in total. The van der Waals surface area contributed by atoms with Gasteiger partial charge in [-0.15, -0.1) is 0 Å². The third kappa shape index (κ3) is 3.55. The standard InChI is InChI=1S/C25H26FN3O/c1-2-30-20-12-13-23-21(14-20)25-22(16-29(23)15-17-6-4-3-5-7-17)24(27-28-25)18-8-10-19(26)11-9-18/h3-14,22,24-25,27-28H,2,15-16H2,1H3. The van der Waals surface area contributed by atoms with Gasteiger partial charge in [-0.3, -0.25) is 0 Å². The molecule has 3 aromatic carbocycles. The second-order valence-corrected chi connectivity index (χ2v) is 7.98. The van der Waals surface area contributed by atoms with E-state index in [0.29, 0.717) is 12.5 Å². The van der Waals surface area contributed by atoms with E-state index in [1.165, 1.54) is 28.9 Å². The first kappa shape index (κ1) is 19.1. The number of hydrogen-bond acceptors (Lipinski definition) is 4. The van der Waals surface area contributed by atoms with Crippen molar-refractivity contribution in [3.05, 3.63) is 95.3 Å². The maximum atomic E-state index is 13.5. The molecule has 5 heteroatoms. The largest absolute Gasteiger partial charge is 0.494 e. The summed E-state index contributed by atoms with van der Waals surface area (Å²) in [7, 11) is 0. The molecular weight excluding hydrogens is 377 g/mol. The summed E-state index contributed by atoms with van der Waals surface area (Å²) in [5, 5.41) is 0. The molecule has 0 spiro atoms. The van der Waals surface area contributed by atoms with Crippen LogP contribution in [0, 0.1) is 11.7 Å². The summed E-state index contributed by atoms with van der Waals surface area (Å²) in [5.74, 6) is 0.995. The van der Waals surface area contributed by atoms with Crippen LogP contribution in [0.1, 0.15) is 35.7 Å². The fourth-order valence-corrected chi connectivity index (χ4v) is 4.74. The molecule has 2 heterocycles. The van der Waals surface area contributed by atoms with E-state index in [4.69, 9.17) is 4.74 Å². The number of anilines is 1. The lowest BCUT2D eigenvalue weighted by Crippen LogP contribution is -2.39. The topological polar surface area (TPSA) is 36.5 Å². The zero-order valence-corrected chi connectivity index (χ0v) is 17.0. The number of halogens is 1. The Hall–Kier alpha value is -2.89. The van der Waals surface area contributed by atoms with Gasteiger partial charge in [0.25, 0.3) is 0 Å². The Morgan fingerprint density at radius 2 is 1.73 bits per heavy atom. The summed E-state index contributed by atoms with van der Waals surface area (Å²) < 4.78 is 19.3. The van der Waals surface area contributed by atoms with E-state index in [0.717, 1.165) is 24.4 Å². The lowest BCUT2D eigenvalue weighted by Gasteiger charge is -2.39. The molecule has 3 aromatic rings. The van der Waals surface area contributed by atoms with Crippen LogP contribution in [0.4, 0.5) is 10.1 Å². The van der Waals surface area contributed by atoms with Crippen LogP contribution < -0.4 is 20.5 Å². The Labute approximate surface area is 176 Å². The molecule has 1 fully saturated rings. The summed E-state index contributed by atoms with van der Waals surface area (Å²) in [4.78, 5) is 2.45. The number of hydrazine groups is 1. The quantitative estimate of drug-likeness (QED) is 0.645. The number of rotatable bonds is 5. The maximum Gasteiger partial charge on any atom is 0.123 e. The molecule has 2 aliphatic heterocycles. The van der Waals surface area contributed by atoms with Crippen LogP contribution in [0.25, 0.3) is 0 Å². The smallest absolute Gasteiger partial charge is 0.123 e. The third-order valence-electron chi connectivity index (χ3n) is 6.11. The SMILES string of the molecule is CCOc1ccc2c(c1)C1NNC(c3ccc(F)cc3)C1CN2Cc1ccccc1. The monoisotopic (exact) mass is 403 g/mol. The predicted molar refractivity (Wildman–Crippen MR) is 117 cm³/mol. The lowest BCUT2D eigenvalue weighted by atomic mass is 9.82. The van der Waals surface area contributed by atoms with Gasteiger partial charge in [0.2, 0.25) is 0 Å². The van der Waals surface area contributed by atoms with Gasteiger partial charge in [0.05, 0.1) is 18.7 Å². The zero-order chi connectivity index (χ0) is 20.5. The number of benzene rings is 3. The van der Waals surface area contributed by atoms with Crippen molar-refractivity contribution in [2.24, 2.45) is 5.92 Å². The summed E-state index contributed by atoms with van der Waals surface area (Å²) in [6, 6.07) is 24.1. The van der Waals surface area contributed by atoms with E-state index >= 15 is 0 Å². The highest BCUT2D eigenvalue weighted by atomic mass is 19.1. The first-order chi connectivity index (χ1) is 14.7. The minimum absolute atomic E-state index is 0.109. The average Bonchev–Trinajstić information content (AvgIpc) is 3.19. The fraction of sp³-hybridized carbons (Fsp3) is 0.280. The van der Waals surface area contributed by atoms with E-state index in [1.807, 2.05) is 25.1 Å². The van der Waals surface area contributed by atoms with Crippen LogP contribution in [0.2, 0.25) is 0 Å². The van der Waals surface area contributed by atoms with Crippen molar-refractivity contribution < 1.29 is 9.13 Å². The van der Waals surface area contributed by atoms with Gasteiger partial charge in [-0.2, -0.15) is 0 Å². The van der Waals surface area contributed by atoms with E-state index < -0.39 is 0 Å². The molecule has 2 N–H and O–H groups in total. The number of ether oxygens (including phenoxy) is 1. The van der Waals surface area contributed by atoms with Crippen LogP contribution in [0.5, 0.6) is 5.75 Å². The van der Waals surface area contributed by atoms with Crippen molar-refractivity contribution in [2.45, 2.75) is 25.6 Å². The molecule has 2 aliphatic rings. The normalized spacial score (nSPS) is 22.5. The van der Waals surface area contributed by atoms with Crippen LogP contribution in [0.15, 0.2) is 72.8 Å². The molecule has 0 bridgehead atoms. The van der Waals surface area contributed by atoms with Crippen molar-refractivity contribution in [2.75, 3.05) is 18.1 Å². The van der Waals surface area contributed by atoms with Gasteiger partial charge in [-0.1, -0.05) is 42.5 Å². The molecule has 5 rings (SSSR count). The fourth-order valence-electron chi connectivity index (χ4n) is 4.74. The second-order valence-electron chi connectivity index (χ2n) is 7.98. The average molecular weight is 404 g/mol. The minimum atomic E-state index is -0.206. The number of nitrogens with zero attached hydrogens (tertiary/aromatic N) is 1. The molecular formula is C25H26FN3O. The van der Waals surface area contributed by atoms with E-state index in [-0.39, 0.29) is 17.9 Å². The highest BCUT2D eigenvalue weighted by Crippen LogP contribution is 2.46. The van der Waals surface area contributed by atoms with Gasteiger partial charge in [-0.25, -0.2) is 15.2 Å². The summed E-state index contributed by atoms with van der Waals surface area (Å²) in [5.41, 5.74) is 11.8. The molecule has 0 aliphatic carbocycles. The highest BCUT2D eigenvalue weighted by Gasteiger charge is 2.43. The van der Waals surface area contributed by atoms with Crippen LogP contribution in [-0.4, -0.2) is 13.2 Å².